The van der Waals surface area contributed by atoms with E-state index in [4.69, 9.17) is 0 Å². The van der Waals surface area contributed by atoms with Crippen LogP contribution in [-0.2, 0) is 9.59 Å². The lowest BCUT2D eigenvalue weighted by atomic mass is 10.1. The predicted molar refractivity (Wildman–Crippen MR) is 94.6 cm³/mol. The molecule has 5 nitrogen and oxygen atoms in total. The highest BCUT2D eigenvalue weighted by Gasteiger charge is 2.09. The average molecular weight is 331 g/mol. The minimum absolute atomic E-state index is 0.0124. The third-order valence-electron chi connectivity index (χ3n) is 3.13. The number of rotatable bonds is 6. The number of aromatic nitrogens is 1. The summed E-state index contributed by atoms with van der Waals surface area (Å²) in [5.41, 5.74) is 2.52. The minimum Gasteiger partial charge on any atom is -0.326 e. The number of amides is 2. The van der Waals surface area contributed by atoms with Crippen LogP contribution < -0.4 is 10.6 Å². The molecule has 0 unspecified atom stereocenters. The summed E-state index contributed by atoms with van der Waals surface area (Å²) in [7, 11) is 0. The van der Waals surface area contributed by atoms with Gasteiger partial charge in [0.15, 0.2) is 5.13 Å². The molecule has 0 fully saturated rings. The Kier molecular flexibility index (Phi) is 5.87. The van der Waals surface area contributed by atoms with Crippen molar-refractivity contribution in [2.45, 2.75) is 33.6 Å². The van der Waals surface area contributed by atoms with Gasteiger partial charge in [-0.2, -0.15) is 0 Å². The number of carbonyl (C=O) groups is 2. The zero-order valence-corrected chi connectivity index (χ0v) is 14.4. The first kappa shape index (κ1) is 17.1. The van der Waals surface area contributed by atoms with Gasteiger partial charge in [0, 0.05) is 29.5 Å². The second-order valence-electron chi connectivity index (χ2n) is 5.66. The van der Waals surface area contributed by atoms with E-state index in [1.807, 2.05) is 50.4 Å². The van der Waals surface area contributed by atoms with Gasteiger partial charge in [0.1, 0.15) is 0 Å². The third-order valence-corrected chi connectivity index (χ3v) is 3.89. The second-order valence-corrected chi connectivity index (χ2v) is 6.52. The lowest BCUT2D eigenvalue weighted by molar-refractivity contribution is -0.117. The Balaban J connectivity index is 2.02. The van der Waals surface area contributed by atoms with Gasteiger partial charge >= 0.3 is 0 Å². The monoisotopic (exact) mass is 331 g/mol. The number of hydrogen-bond donors (Lipinski definition) is 2. The van der Waals surface area contributed by atoms with E-state index < -0.39 is 0 Å². The first-order valence-electron chi connectivity index (χ1n) is 7.63. The van der Waals surface area contributed by atoms with Crippen molar-refractivity contribution >= 4 is 34.0 Å². The molecule has 2 aromatic rings. The quantitative estimate of drug-likeness (QED) is 0.835. The molecular formula is C17H21N3O2S. The van der Waals surface area contributed by atoms with E-state index in [9.17, 15) is 9.59 Å². The summed E-state index contributed by atoms with van der Waals surface area (Å²) in [6.45, 7) is 5.82. The third kappa shape index (κ3) is 5.17. The smallest absolute Gasteiger partial charge is 0.226 e. The van der Waals surface area contributed by atoms with E-state index in [1.54, 1.807) is 0 Å². The number of nitrogens with zero attached hydrogens (tertiary/aromatic N) is 1. The fourth-order valence-corrected chi connectivity index (χ4v) is 2.71. The van der Waals surface area contributed by atoms with Gasteiger partial charge in [0.2, 0.25) is 11.8 Å². The van der Waals surface area contributed by atoms with Gasteiger partial charge in [-0.15, -0.1) is 11.3 Å². The summed E-state index contributed by atoms with van der Waals surface area (Å²) in [5.74, 6) is 0.292. The second kappa shape index (κ2) is 7.87. The van der Waals surface area contributed by atoms with E-state index in [1.165, 1.54) is 11.3 Å². The van der Waals surface area contributed by atoms with Crippen LogP contribution in [0.2, 0.25) is 0 Å². The van der Waals surface area contributed by atoms with Crippen molar-refractivity contribution in [3.63, 3.8) is 0 Å². The van der Waals surface area contributed by atoms with Crippen LogP contribution in [0.1, 0.15) is 33.6 Å². The maximum Gasteiger partial charge on any atom is 0.226 e. The molecule has 23 heavy (non-hydrogen) atoms. The fraction of sp³-hybridized carbons (Fsp3) is 0.353. The molecule has 0 saturated heterocycles. The Morgan fingerprint density at radius 2 is 1.83 bits per heavy atom. The maximum atomic E-state index is 11.8. The largest absolute Gasteiger partial charge is 0.326 e. The molecular weight excluding hydrogens is 310 g/mol. The van der Waals surface area contributed by atoms with Crippen LogP contribution in [0.4, 0.5) is 10.8 Å². The molecule has 2 N–H and O–H groups in total. The Bertz CT molecular complexity index is 677. The van der Waals surface area contributed by atoms with Gasteiger partial charge in [0.25, 0.3) is 0 Å². The molecule has 0 atom stereocenters. The highest BCUT2D eigenvalue weighted by molar-refractivity contribution is 7.14. The number of nitrogens with one attached hydrogen (secondary N) is 2. The van der Waals surface area contributed by atoms with E-state index in [-0.39, 0.29) is 11.8 Å². The van der Waals surface area contributed by atoms with Crippen molar-refractivity contribution in [1.82, 2.24) is 4.98 Å². The minimum atomic E-state index is -0.0153. The van der Waals surface area contributed by atoms with Crippen LogP contribution in [0.25, 0.3) is 11.3 Å². The molecule has 0 aliphatic rings. The van der Waals surface area contributed by atoms with Crippen LogP contribution >= 0.6 is 11.3 Å². The Hall–Kier alpha value is -2.21. The topological polar surface area (TPSA) is 71.1 Å². The van der Waals surface area contributed by atoms with Crippen LogP contribution in [0.5, 0.6) is 0 Å². The van der Waals surface area contributed by atoms with Crippen molar-refractivity contribution in [3.8, 4) is 11.3 Å². The summed E-state index contributed by atoms with van der Waals surface area (Å²) in [4.78, 5) is 27.6. The molecule has 1 aromatic carbocycles. The van der Waals surface area contributed by atoms with Crippen molar-refractivity contribution in [2.75, 3.05) is 10.6 Å². The van der Waals surface area contributed by atoms with Gasteiger partial charge in [-0.25, -0.2) is 4.98 Å². The molecule has 0 bridgehead atoms. The first-order valence-corrected chi connectivity index (χ1v) is 8.51. The molecule has 0 radical (unpaired) electrons. The van der Waals surface area contributed by atoms with Crippen molar-refractivity contribution < 1.29 is 9.59 Å². The van der Waals surface area contributed by atoms with E-state index in [0.717, 1.165) is 16.9 Å². The summed E-state index contributed by atoms with van der Waals surface area (Å²) in [6.07, 6.45) is 0.939. The lowest BCUT2D eigenvalue weighted by Crippen LogP contribution is -2.13. The van der Waals surface area contributed by atoms with Gasteiger partial charge < -0.3 is 10.6 Å². The van der Waals surface area contributed by atoms with Gasteiger partial charge in [0.05, 0.1) is 5.69 Å². The number of benzene rings is 1. The summed E-state index contributed by atoms with van der Waals surface area (Å²) in [5, 5.41) is 8.14. The number of carbonyl (C=O) groups excluding carboxylic acids is 2. The number of thiazole rings is 1. The highest BCUT2D eigenvalue weighted by atomic mass is 32.1. The molecule has 2 amide bonds. The number of anilines is 2. The predicted octanol–water partition coefficient (Wildman–Crippen LogP) is 4.14. The Morgan fingerprint density at radius 1 is 1.13 bits per heavy atom. The summed E-state index contributed by atoms with van der Waals surface area (Å²) < 4.78 is 0. The SMILES string of the molecule is CCC(=O)Nc1ccc(-c2csc(NC(=O)CC(C)C)n2)cc1. The van der Waals surface area contributed by atoms with Crippen molar-refractivity contribution in [1.29, 1.82) is 0 Å². The molecule has 0 saturated carbocycles. The zero-order chi connectivity index (χ0) is 16.8. The number of hydrogen-bond acceptors (Lipinski definition) is 4. The van der Waals surface area contributed by atoms with E-state index >= 15 is 0 Å². The van der Waals surface area contributed by atoms with E-state index in [2.05, 4.69) is 15.6 Å². The first-order chi connectivity index (χ1) is 11.0. The molecule has 122 valence electrons. The fourth-order valence-electron chi connectivity index (χ4n) is 1.98. The van der Waals surface area contributed by atoms with Crippen molar-refractivity contribution in [3.05, 3.63) is 29.6 Å². The van der Waals surface area contributed by atoms with Crippen LogP contribution in [0, 0.1) is 5.92 Å². The van der Waals surface area contributed by atoms with E-state index in [0.29, 0.717) is 23.9 Å². The Labute approximate surface area is 140 Å². The van der Waals surface area contributed by atoms with Crippen LogP contribution in [0.15, 0.2) is 29.6 Å². The molecule has 1 heterocycles. The molecule has 0 spiro atoms. The van der Waals surface area contributed by atoms with Crippen LogP contribution in [0.3, 0.4) is 0 Å². The molecule has 2 rings (SSSR count). The van der Waals surface area contributed by atoms with Crippen molar-refractivity contribution in [2.24, 2.45) is 5.92 Å². The standard InChI is InChI=1S/C17H21N3O2S/c1-4-15(21)18-13-7-5-12(6-8-13)14-10-23-17(19-14)20-16(22)9-11(2)3/h5-8,10-11H,4,9H2,1-3H3,(H,18,21)(H,19,20,22). The average Bonchev–Trinajstić information content (AvgIpc) is 2.95. The molecule has 1 aromatic heterocycles. The molecule has 0 aliphatic carbocycles. The van der Waals surface area contributed by atoms with Crippen LogP contribution in [-0.4, -0.2) is 16.8 Å². The summed E-state index contributed by atoms with van der Waals surface area (Å²) >= 11 is 1.41. The zero-order valence-electron chi connectivity index (χ0n) is 13.6. The summed E-state index contributed by atoms with van der Waals surface area (Å²) in [6, 6.07) is 7.50. The maximum absolute atomic E-state index is 11.8. The Morgan fingerprint density at radius 3 is 2.43 bits per heavy atom. The molecule has 0 aliphatic heterocycles. The highest BCUT2D eigenvalue weighted by Crippen LogP contribution is 2.26. The lowest BCUT2D eigenvalue weighted by Gasteiger charge is -2.04. The van der Waals surface area contributed by atoms with Gasteiger partial charge in [-0.05, 0) is 18.1 Å². The molecule has 6 heteroatoms. The van der Waals surface area contributed by atoms with Gasteiger partial charge in [-0.3, -0.25) is 9.59 Å². The normalized spacial score (nSPS) is 10.6. The van der Waals surface area contributed by atoms with Gasteiger partial charge in [-0.1, -0.05) is 32.9 Å².